The largest absolute Gasteiger partial charge is 0.397 e. The van der Waals surface area contributed by atoms with Crippen LogP contribution in [-0.2, 0) is 4.79 Å². The Morgan fingerprint density at radius 2 is 2.00 bits per heavy atom. The molecule has 0 unspecified atom stereocenters. The Morgan fingerprint density at radius 1 is 1.28 bits per heavy atom. The van der Waals surface area contributed by atoms with Gasteiger partial charge in [0.15, 0.2) is 0 Å². The molecule has 0 aliphatic heterocycles. The van der Waals surface area contributed by atoms with Gasteiger partial charge >= 0.3 is 0 Å². The lowest BCUT2D eigenvalue weighted by atomic mass is 10.0. The van der Waals surface area contributed by atoms with Gasteiger partial charge in [-0.15, -0.1) is 0 Å². The number of benzene rings is 1. The summed E-state index contributed by atoms with van der Waals surface area (Å²) in [4.78, 5) is 11.8. The summed E-state index contributed by atoms with van der Waals surface area (Å²) in [7, 11) is 0. The first-order valence-corrected chi connectivity index (χ1v) is 6.90. The van der Waals surface area contributed by atoms with Gasteiger partial charge in [0.1, 0.15) is 0 Å². The Balaban J connectivity index is 1.70. The van der Waals surface area contributed by atoms with Crippen molar-refractivity contribution in [2.75, 3.05) is 11.1 Å². The van der Waals surface area contributed by atoms with Gasteiger partial charge in [0.05, 0.1) is 11.4 Å². The van der Waals surface area contributed by atoms with Crippen LogP contribution in [0.5, 0.6) is 0 Å². The molecule has 3 nitrogen and oxygen atoms in total. The van der Waals surface area contributed by atoms with Gasteiger partial charge in [-0.1, -0.05) is 37.8 Å². The van der Waals surface area contributed by atoms with Crippen LogP contribution in [-0.4, -0.2) is 5.91 Å². The van der Waals surface area contributed by atoms with Crippen molar-refractivity contribution >= 4 is 17.3 Å². The van der Waals surface area contributed by atoms with Gasteiger partial charge in [-0.05, 0) is 30.9 Å². The van der Waals surface area contributed by atoms with E-state index in [0.717, 1.165) is 18.0 Å². The van der Waals surface area contributed by atoms with E-state index in [9.17, 15) is 4.79 Å². The van der Waals surface area contributed by atoms with Crippen molar-refractivity contribution < 1.29 is 4.79 Å². The van der Waals surface area contributed by atoms with Gasteiger partial charge < -0.3 is 11.1 Å². The summed E-state index contributed by atoms with van der Waals surface area (Å²) >= 11 is 0. The van der Waals surface area contributed by atoms with Crippen LogP contribution in [0.4, 0.5) is 11.4 Å². The highest BCUT2D eigenvalue weighted by molar-refractivity contribution is 5.93. The highest BCUT2D eigenvalue weighted by Gasteiger charge is 2.15. The molecule has 1 aliphatic carbocycles. The molecular weight excluding hydrogens is 224 g/mol. The predicted octanol–water partition coefficient (Wildman–Crippen LogP) is 3.57. The van der Waals surface area contributed by atoms with Crippen molar-refractivity contribution in [2.24, 2.45) is 5.92 Å². The zero-order valence-corrected chi connectivity index (χ0v) is 10.8. The van der Waals surface area contributed by atoms with E-state index < -0.39 is 0 Å². The van der Waals surface area contributed by atoms with Crippen LogP contribution in [0.3, 0.4) is 0 Å². The molecule has 1 saturated carbocycles. The minimum absolute atomic E-state index is 0.0749. The molecule has 1 aromatic carbocycles. The quantitative estimate of drug-likeness (QED) is 0.780. The van der Waals surface area contributed by atoms with E-state index in [1.54, 1.807) is 6.07 Å². The molecule has 0 heterocycles. The Kier molecular flexibility index (Phi) is 4.62. The molecule has 0 aromatic heterocycles. The molecule has 0 spiro atoms. The zero-order valence-electron chi connectivity index (χ0n) is 10.8. The Bertz CT molecular complexity index is 397. The number of carbonyl (C=O) groups excluding carboxylic acids is 1. The van der Waals surface area contributed by atoms with E-state index in [1.165, 1.54) is 32.1 Å². The summed E-state index contributed by atoms with van der Waals surface area (Å²) in [5.41, 5.74) is 7.13. The third-order valence-corrected chi connectivity index (χ3v) is 3.73. The summed E-state index contributed by atoms with van der Waals surface area (Å²) in [6, 6.07) is 7.38. The van der Waals surface area contributed by atoms with Crippen molar-refractivity contribution in [1.82, 2.24) is 0 Å². The van der Waals surface area contributed by atoms with Crippen LogP contribution in [0.25, 0.3) is 0 Å². The topological polar surface area (TPSA) is 55.1 Å². The third-order valence-electron chi connectivity index (χ3n) is 3.73. The molecule has 0 saturated heterocycles. The molecule has 1 aromatic rings. The van der Waals surface area contributed by atoms with Gasteiger partial charge in [0.25, 0.3) is 0 Å². The molecule has 18 heavy (non-hydrogen) atoms. The Hall–Kier alpha value is -1.51. The normalized spacial score (nSPS) is 15.8. The number of nitrogens with two attached hydrogens (primary N) is 1. The van der Waals surface area contributed by atoms with E-state index >= 15 is 0 Å². The van der Waals surface area contributed by atoms with Crippen molar-refractivity contribution in [3.8, 4) is 0 Å². The lowest BCUT2D eigenvalue weighted by Crippen LogP contribution is -2.12. The smallest absolute Gasteiger partial charge is 0.224 e. The number of anilines is 2. The molecule has 3 heteroatoms. The zero-order chi connectivity index (χ0) is 12.8. The number of rotatable bonds is 5. The summed E-state index contributed by atoms with van der Waals surface area (Å²) in [6.07, 6.45) is 8.24. The van der Waals surface area contributed by atoms with E-state index in [1.807, 2.05) is 18.2 Å². The van der Waals surface area contributed by atoms with Gasteiger partial charge in [-0.2, -0.15) is 0 Å². The standard InChI is InChI=1S/C15H22N2O/c16-13-9-3-4-10-14(13)17-15(18)11-5-8-12-6-1-2-7-12/h3-4,9-10,12H,1-2,5-8,11,16H2,(H,17,18). The molecule has 98 valence electrons. The third kappa shape index (κ3) is 3.76. The maximum atomic E-state index is 11.8. The first-order valence-electron chi connectivity index (χ1n) is 6.90. The summed E-state index contributed by atoms with van der Waals surface area (Å²) < 4.78 is 0. The summed E-state index contributed by atoms with van der Waals surface area (Å²) in [5, 5.41) is 2.87. The van der Waals surface area contributed by atoms with Crippen molar-refractivity contribution in [3.05, 3.63) is 24.3 Å². The van der Waals surface area contributed by atoms with Crippen LogP contribution in [0, 0.1) is 5.92 Å². The van der Waals surface area contributed by atoms with Gasteiger partial charge in [-0.3, -0.25) is 4.79 Å². The van der Waals surface area contributed by atoms with Gasteiger partial charge in [0, 0.05) is 6.42 Å². The lowest BCUT2D eigenvalue weighted by Gasteiger charge is -2.10. The van der Waals surface area contributed by atoms with E-state index in [4.69, 9.17) is 5.73 Å². The molecule has 0 radical (unpaired) electrons. The Labute approximate surface area is 109 Å². The number of nitrogens with one attached hydrogen (secondary N) is 1. The highest BCUT2D eigenvalue weighted by Crippen LogP contribution is 2.29. The van der Waals surface area contributed by atoms with Gasteiger partial charge in [0.2, 0.25) is 5.91 Å². The average Bonchev–Trinajstić information content (AvgIpc) is 2.85. The molecule has 3 N–H and O–H groups in total. The number of carbonyl (C=O) groups is 1. The van der Waals surface area contributed by atoms with Crippen LogP contribution >= 0.6 is 0 Å². The second kappa shape index (κ2) is 6.43. The average molecular weight is 246 g/mol. The first-order chi connectivity index (χ1) is 8.75. The molecule has 2 rings (SSSR count). The molecule has 1 fully saturated rings. The second-order valence-electron chi connectivity index (χ2n) is 5.18. The van der Waals surface area contributed by atoms with Crippen molar-refractivity contribution in [1.29, 1.82) is 0 Å². The van der Waals surface area contributed by atoms with E-state index in [0.29, 0.717) is 12.1 Å². The number of hydrogen-bond acceptors (Lipinski definition) is 2. The minimum Gasteiger partial charge on any atom is -0.397 e. The van der Waals surface area contributed by atoms with Gasteiger partial charge in [-0.25, -0.2) is 0 Å². The van der Waals surface area contributed by atoms with Crippen LogP contribution in [0.1, 0.15) is 44.9 Å². The number of amides is 1. The van der Waals surface area contributed by atoms with E-state index in [2.05, 4.69) is 5.32 Å². The fraction of sp³-hybridized carbons (Fsp3) is 0.533. The van der Waals surface area contributed by atoms with Crippen LogP contribution < -0.4 is 11.1 Å². The van der Waals surface area contributed by atoms with Crippen molar-refractivity contribution in [2.45, 2.75) is 44.9 Å². The van der Waals surface area contributed by atoms with Crippen LogP contribution in [0.2, 0.25) is 0 Å². The van der Waals surface area contributed by atoms with Crippen molar-refractivity contribution in [3.63, 3.8) is 0 Å². The van der Waals surface area contributed by atoms with E-state index in [-0.39, 0.29) is 5.91 Å². The molecular formula is C15H22N2O. The lowest BCUT2D eigenvalue weighted by molar-refractivity contribution is -0.116. The number of hydrogen-bond donors (Lipinski definition) is 2. The maximum Gasteiger partial charge on any atom is 0.224 e. The molecule has 1 aliphatic rings. The molecule has 1 amide bonds. The summed E-state index contributed by atoms with van der Waals surface area (Å²) in [6.45, 7) is 0. The predicted molar refractivity (Wildman–Crippen MR) is 75.3 cm³/mol. The first kappa shape index (κ1) is 12.9. The second-order valence-corrected chi connectivity index (χ2v) is 5.18. The Morgan fingerprint density at radius 3 is 2.72 bits per heavy atom. The number of para-hydroxylation sites is 2. The summed E-state index contributed by atoms with van der Waals surface area (Å²) in [5.74, 6) is 0.936. The fourth-order valence-electron chi connectivity index (χ4n) is 2.67. The van der Waals surface area contributed by atoms with Crippen LogP contribution in [0.15, 0.2) is 24.3 Å². The number of nitrogen functional groups attached to an aromatic ring is 1. The monoisotopic (exact) mass is 246 g/mol. The fourth-order valence-corrected chi connectivity index (χ4v) is 2.67. The maximum absolute atomic E-state index is 11.8. The SMILES string of the molecule is Nc1ccccc1NC(=O)CCCC1CCCC1. The molecule has 0 atom stereocenters. The molecule has 0 bridgehead atoms. The minimum atomic E-state index is 0.0749. The highest BCUT2D eigenvalue weighted by atomic mass is 16.1.